The number of rotatable bonds is 2. The lowest BCUT2D eigenvalue weighted by atomic mass is 10.0. The van der Waals surface area contributed by atoms with E-state index in [-0.39, 0.29) is 0 Å². The van der Waals surface area contributed by atoms with E-state index >= 15 is 0 Å². The van der Waals surface area contributed by atoms with Crippen LogP contribution in [0.1, 0.15) is 31.7 Å². The molecule has 0 amide bonds. The van der Waals surface area contributed by atoms with Gasteiger partial charge in [-0.2, -0.15) is 0 Å². The molecule has 1 aromatic rings. The van der Waals surface area contributed by atoms with E-state index in [0.717, 1.165) is 3.77 Å². The van der Waals surface area contributed by atoms with Gasteiger partial charge < -0.3 is 4.42 Å². The van der Waals surface area contributed by atoms with E-state index in [1.807, 2.05) is 0 Å². The molecule has 0 saturated carbocycles. The largest absolute Gasteiger partial charge is 0.458 e. The number of halogens is 1. The maximum Gasteiger partial charge on any atom is 0.166 e. The summed E-state index contributed by atoms with van der Waals surface area (Å²) in [5.74, 6) is 0.630. The van der Waals surface area contributed by atoms with Gasteiger partial charge in [-0.25, -0.2) is 0 Å². The van der Waals surface area contributed by atoms with E-state index in [0.29, 0.717) is 5.92 Å². The van der Waals surface area contributed by atoms with E-state index in [1.165, 1.54) is 12.0 Å². The van der Waals surface area contributed by atoms with Crippen LogP contribution in [0, 0.1) is 3.77 Å². The molecule has 1 rings (SSSR count). The normalized spacial score (nSPS) is 13.5. The van der Waals surface area contributed by atoms with Crippen LogP contribution >= 0.6 is 22.6 Å². The van der Waals surface area contributed by atoms with Crippen LogP contribution < -0.4 is 0 Å². The summed E-state index contributed by atoms with van der Waals surface area (Å²) in [6.45, 7) is 4.40. The molecule has 10 heavy (non-hydrogen) atoms. The maximum absolute atomic E-state index is 5.17. The fourth-order valence-corrected chi connectivity index (χ4v) is 1.74. The Hall–Kier alpha value is 0.01000. The molecule has 0 N–H and O–H groups in total. The molecule has 0 aliphatic heterocycles. The molecular weight excluding hydrogens is 239 g/mol. The molecule has 0 aliphatic carbocycles. The first kappa shape index (κ1) is 8.11. The third kappa shape index (κ3) is 1.54. The van der Waals surface area contributed by atoms with Crippen molar-refractivity contribution in [1.82, 2.24) is 0 Å². The number of hydrogen-bond acceptors (Lipinski definition) is 1. The molecule has 1 aromatic heterocycles. The zero-order chi connectivity index (χ0) is 7.56. The monoisotopic (exact) mass is 250 g/mol. The van der Waals surface area contributed by atoms with Gasteiger partial charge in [0.05, 0.1) is 6.26 Å². The quantitative estimate of drug-likeness (QED) is 0.733. The summed E-state index contributed by atoms with van der Waals surface area (Å²) in [5.41, 5.74) is 1.34. The maximum atomic E-state index is 5.17. The van der Waals surface area contributed by atoms with Crippen molar-refractivity contribution < 1.29 is 4.42 Å². The van der Waals surface area contributed by atoms with Crippen LogP contribution in [-0.2, 0) is 0 Å². The molecule has 0 fully saturated rings. The highest BCUT2D eigenvalue weighted by atomic mass is 127. The topological polar surface area (TPSA) is 13.1 Å². The van der Waals surface area contributed by atoms with Crippen molar-refractivity contribution in [2.75, 3.05) is 0 Å². The highest BCUT2D eigenvalue weighted by Crippen LogP contribution is 2.24. The molecular formula is C8H11IO. The zero-order valence-corrected chi connectivity index (χ0v) is 8.38. The Bertz CT molecular complexity index is 205. The van der Waals surface area contributed by atoms with Gasteiger partial charge in [-0.05, 0) is 41.0 Å². The molecule has 0 aromatic carbocycles. The molecule has 1 atom stereocenters. The van der Waals surface area contributed by atoms with Gasteiger partial charge >= 0.3 is 0 Å². The second-order valence-corrected chi connectivity index (χ2v) is 3.44. The Labute approximate surface area is 74.9 Å². The van der Waals surface area contributed by atoms with Crippen molar-refractivity contribution in [3.05, 3.63) is 21.7 Å². The van der Waals surface area contributed by atoms with Crippen LogP contribution in [-0.4, -0.2) is 0 Å². The summed E-state index contributed by atoms with van der Waals surface area (Å²) in [6.07, 6.45) is 2.93. The summed E-state index contributed by atoms with van der Waals surface area (Å²) in [7, 11) is 0. The first-order valence-corrected chi connectivity index (χ1v) is 4.56. The van der Waals surface area contributed by atoms with E-state index in [9.17, 15) is 0 Å². The van der Waals surface area contributed by atoms with E-state index in [1.54, 1.807) is 6.26 Å². The van der Waals surface area contributed by atoms with Gasteiger partial charge in [-0.15, -0.1) is 0 Å². The molecule has 1 unspecified atom stereocenters. The van der Waals surface area contributed by atoms with E-state index in [4.69, 9.17) is 4.42 Å². The standard InChI is InChI=1S/C8H11IO/c1-3-6(2)7-4-5-10-8(7)9/h4-6H,3H2,1-2H3. The van der Waals surface area contributed by atoms with Crippen LogP contribution in [0.5, 0.6) is 0 Å². The second-order valence-electron chi connectivity index (χ2n) is 2.46. The highest BCUT2D eigenvalue weighted by molar-refractivity contribution is 14.1. The van der Waals surface area contributed by atoms with Gasteiger partial charge in [0.2, 0.25) is 0 Å². The fraction of sp³-hybridized carbons (Fsp3) is 0.500. The van der Waals surface area contributed by atoms with Gasteiger partial charge in [0.15, 0.2) is 3.77 Å². The van der Waals surface area contributed by atoms with E-state index in [2.05, 4.69) is 42.5 Å². The van der Waals surface area contributed by atoms with Crippen molar-refractivity contribution in [3.63, 3.8) is 0 Å². The minimum Gasteiger partial charge on any atom is -0.458 e. The SMILES string of the molecule is CCC(C)c1ccoc1I. The lowest BCUT2D eigenvalue weighted by molar-refractivity contribution is 0.528. The molecule has 0 bridgehead atoms. The Morgan fingerprint density at radius 2 is 2.40 bits per heavy atom. The second kappa shape index (κ2) is 3.42. The van der Waals surface area contributed by atoms with Gasteiger partial charge in [-0.3, -0.25) is 0 Å². The van der Waals surface area contributed by atoms with Crippen molar-refractivity contribution in [1.29, 1.82) is 0 Å². The molecule has 0 spiro atoms. The summed E-state index contributed by atoms with van der Waals surface area (Å²) < 4.78 is 6.21. The molecule has 2 heteroatoms. The third-order valence-corrected chi connectivity index (χ3v) is 2.67. The predicted octanol–water partition coefficient (Wildman–Crippen LogP) is 3.40. The van der Waals surface area contributed by atoms with Crippen LogP contribution in [0.3, 0.4) is 0 Å². The van der Waals surface area contributed by atoms with Crippen LogP contribution in [0.15, 0.2) is 16.7 Å². The van der Waals surface area contributed by atoms with Crippen molar-refractivity contribution in [2.24, 2.45) is 0 Å². The van der Waals surface area contributed by atoms with Gasteiger partial charge in [0.1, 0.15) is 0 Å². The molecule has 0 aliphatic rings. The average molecular weight is 250 g/mol. The Morgan fingerprint density at radius 1 is 1.70 bits per heavy atom. The van der Waals surface area contributed by atoms with Gasteiger partial charge in [-0.1, -0.05) is 13.8 Å². The minimum atomic E-state index is 0.630. The molecule has 0 radical (unpaired) electrons. The molecule has 1 heterocycles. The van der Waals surface area contributed by atoms with Gasteiger partial charge in [0, 0.05) is 5.56 Å². The smallest absolute Gasteiger partial charge is 0.166 e. The number of furan rings is 1. The zero-order valence-electron chi connectivity index (χ0n) is 6.23. The highest BCUT2D eigenvalue weighted by Gasteiger charge is 2.08. The van der Waals surface area contributed by atoms with Crippen molar-refractivity contribution in [2.45, 2.75) is 26.2 Å². The van der Waals surface area contributed by atoms with E-state index < -0.39 is 0 Å². The number of hydrogen-bond donors (Lipinski definition) is 0. The summed E-state index contributed by atoms with van der Waals surface area (Å²) in [5, 5.41) is 0. The molecule has 0 saturated heterocycles. The van der Waals surface area contributed by atoms with Crippen molar-refractivity contribution in [3.8, 4) is 0 Å². The lowest BCUT2D eigenvalue weighted by Gasteiger charge is -2.03. The third-order valence-electron chi connectivity index (χ3n) is 1.79. The van der Waals surface area contributed by atoms with Gasteiger partial charge in [0.25, 0.3) is 0 Å². The summed E-state index contributed by atoms with van der Waals surface area (Å²) >= 11 is 2.23. The van der Waals surface area contributed by atoms with Crippen molar-refractivity contribution >= 4 is 22.6 Å². The molecule has 56 valence electrons. The Kier molecular flexibility index (Phi) is 2.77. The van der Waals surface area contributed by atoms with Crippen LogP contribution in [0.4, 0.5) is 0 Å². The summed E-state index contributed by atoms with van der Waals surface area (Å²) in [4.78, 5) is 0. The first-order valence-electron chi connectivity index (χ1n) is 3.48. The predicted molar refractivity (Wildman–Crippen MR) is 50.1 cm³/mol. The minimum absolute atomic E-state index is 0.630. The lowest BCUT2D eigenvalue weighted by Crippen LogP contribution is -1.89. The Balaban J connectivity index is 2.82. The van der Waals surface area contributed by atoms with Crippen LogP contribution in [0.2, 0.25) is 0 Å². The first-order chi connectivity index (χ1) is 4.75. The average Bonchev–Trinajstić information content (AvgIpc) is 2.34. The van der Waals surface area contributed by atoms with Crippen LogP contribution in [0.25, 0.3) is 0 Å². The summed E-state index contributed by atoms with van der Waals surface area (Å²) in [6, 6.07) is 2.05. The molecule has 1 nitrogen and oxygen atoms in total. The Morgan fingerprint density at radius 3 is 2.80 bits per heavy atom. The fourth-order valence-electron chi connectivity index (χ4n) is 0.879.